The Morgan fingerprint density at radius 3 is 2.40 bits per heavy atom. The summed E-state index contributed by atoms with van der Waals surface area (Å²) in [4.78, 5) is 26.6. The average Bonchev–Trinajstić information content (AvgIpc) is 2.96. The summed E-state index contributed by atoms with van der Waals surface area (Å²) in [5.74, 6) is 1.00. The Bertz CT molecular complexity index is 565. The highest BCUT2D eigenvalue weighted by Crippen LogP contribution is 2.25. The first-order chi connectivity index (χ1) is 12.1. The number of ether oxygens (including phenoxy) is 1. The van der Waals surface area contributed by atoms with Gasteiger partial charge in [0.2, 0.25) is 11.8 Å². The first-order valence-corrected chi connectivity index (χ1v) is 9.42. The second kappa shape index (κ2) is 9.44. The summed E-state index contributed by atoms with van der Waals surface area (Å²) in [5.41, 5.74) is 0.851. The van der Waals surface area contributed by atoms with Gasteiger partial charge in [0.1, 0.15) is 5.75 Å². The summed E-state index contributed by atoms with van der Waals surface area (Å²) < 4.78 is 5.44. The van der Waals surface area contributed by atoms with Crippen LogP contribution in [0.25, 0.3) is 0 Å². The van der Waals surface area contributed by atoms with Crippen LogP contribution in [-0.2, 0) is 9.59 Å². The highest BCUT2D eigenvalue weighted by Gasteiger charge is 2.32. The normalized spacial score (nSPS) is 17.2. The number of nitrogens with one attached hydrogen (secondary N) is 1. The van der Waals surface area contributed by atoms with E-state index in [1.54, 1.807) is 4.90 Å². The average molecular weight is 346 g/mol. The topological polar surface area (TPSA) is 58.6 Å². The van der Waals surface area contributed by atoms with Crippen LogP contribution in [-0.4, -0.2) is 31.0 Å². The minimum absolute atomic E-state index is 0.0528. The molecule has 2 amide bonds. The van der Waals surface area contributed by atoms with Gasteiger partial charge in [-0.1, -0.05) is 26.7 Å². The van der Waals surface area contributed by atoms with Crippen LogP contribution in [0.5, 0.6) is 5.75 Å². The third-order valence-corrected chi connectivity index (χ3v) is 4.58. The van der Waals surface area contributed by atoms with Gasteiger partial charge in [-0.05, 0) is 44.0 Å². The van der Waals surface area contributed by atoms with Crippen molar-refractivity contribution in [3.05, 3.63) is 24.3 Å². The third kappa shape index (κ3) is 5.21. The van der Waals surface area contributed by atoms with Gasteiger partial charge in [0.25, 0.3) is 0 Å². The number of hydrogen-bond acceptors (Lipinski definition) is 3. The molecule has 1 atom stereocenters. The van der Waals surface area contributed by atoms with E-state index in [4.69, 9.17) is 4.74 Å². The van der Waals surface area contributed by atoms with Crippen molar-refractivity contribution in [2.75, 3.05) is 18.1 Å². The second-order valence-electron chi connectivity index (χ2n) is 6.62. The Morgan fingerprint density at radius 2 is 1.84 bits per heavy atom. The predicted octanol–water partition coefficient (Wildman–Crippen LogP) is 3.52. The number of benzene rings is 1. The van der Waals surface area contributed by atoms with Crippen LogP contribution < -0.4 is 15.0 Å². The first-order valence-electron chi connectivity index (χ1n) is 9.42. The standard InChI is InChI=1S/C20H30N2O3/c1-4-7-15(8-5-2)20(24)21-16-13-19(23)22(14-16)17-9-11-18(12-10-17)25-6-3/h9-12,15-16H,4-8,13-14H2,1-3H3,(H,21,24)/t16-/m0/s1. The van der Waals surface area contributed by atoms with Crippen LogP contribution in [0.4, 0.5) is 5.69 Å². The lowest BCUT2D eigenvalue weighted by Gasteiger charge is -2.20. The van der Waals surface area contributed by atoms with Crippen molar-refractivity contribution in [3.8, 4) is 5.75 Å². The Balaban J connectivity index is 1.96. The van der Waals surface area contributed by atoms with Gasteiger partial charge < -0.3 is 15.0 Å². The second-order valence-corrected chi connectivity index (χ2v) is 6.62. The van der Waals surface area contributed by atoms with Gasteiger partial charge in [-0.3, -0.25) is 9.59 Å². The van der Waals surface area contributed by atoms with Gasteiger partial charge in [0.05, 0.1) is 12.6 Å². The lowest BCUT2D eigenvalue weighted by atomic mass is 9.97. The fraction of sp³-hybridized carbons (Fsp3) is 0.600. The molecule has 0 bridgehead atoms. The summed E-state index contributed by atoms with van der Waals surface area (Å²) >= 11 is 0. The minimum Gasteiger partial charge on any atom is -0.494 e. The first kappa shape index (κ1) is 19.3. The molecule has 1 aliphatic rings. The fourth-order valence-electron chi connectivity index (χ4n) is 3.37. The van der Waals surface area contributed by atoms with Gasteiger partial charge in [-0.25, -0.2) is 0 Å². The van der Waals surface area contributed by atoms with Crippen LogP contribution in [0.3, 0.4) is 0 Å². The largest absolute Gasteiger partial charge is 0.494 e. The van der Waals surface area contributed by atoms with Gasteiger partial charge in [-0.2, -0.15) is 0 Å². The number of carbonyl (C=O) groups is 2. The van der Waals surface area contributed by atoms with Gasteiger partial charge in [-0.15, -0.1) is 0 Å². The van der Waals surface area contributed by atoms with Crippen LogP contribution in [0.2, 0.25) is 0 Å². The number of anilines is 1. The van der Waals surface area contributed by atoms with Crippen molar-refractivity contribution in [1.82, 2.24) is 5.32 Å². The summed E-state index contributed by atoms with van der Waals surface area (Å²) in [7, 11) is 0. The monoisotopic (exact) mass is 346 g/mol. The quantitative estimate of drug-likeness (QED) is 0.744. The lowest BCUT2D eigenvalue weighted by Crippen LogP contribution is -2.40. The van der Waals surface area contributed by atoms with E-state index in [1.807, 2.05) is 31.2 Å². The zero-order valence-corrected chi connectivity index (χ0v) is 15.6. The molecule has 1 fully saturated rings. The SMILES string of the molecule is CCCC(CCC)C(=O)N[C@H]1CC(=O)N(c2ccc(OCC)cc2)C1. The van der Waals surface area contributed by atoms with E-state index in [0.29, 0.717) is 19.6 Å². The van der Waals surface area contributed by atoms with Crippen molar-refractivity contribution in [3.63, 3.8) is 0 Å². The van der Waals surface area contributed by atoms with Crippen molar-refractivity contribution in [2.45, 2.75) is 58.9 Å². The number of nitrogens with zero attached hydrogens (tertiary/aromatic N) is 1. The van der Waals surface area contributed by atoms with E-state index in [1.165, 1.54) is 0 Å². The molecule has 1 aliphatic heterocycles. The Hall–Kier alpha value is -2.04. The van der Waals surface area contributed by atoms with E-state index in [9.17, 15) is 9.59 Å². The molecule has 25 heavy (non-hydrogen) atoms. The summed E-state index contributed by atoms with van der Waals surface area (Å²) in [6.07, 6.45) is 4.18. The molecule has 138 valence electrons. The van der Waals surface area contributed by atoms with E-state index in [2.05, 4.69) is 19.2 Å². The van der Waals surface area contributed by atoms with Gasteiger partial charge in [0, 0.05) is 24.6 Å². The summed E-state index contributed by atoms with van der Waals surface area (Å²) in [6, 6.07) is 7.42. The maximum atomic E-state index is 12.5. The Morgan fingerprint density at radius 1 is 1.20 bits per heavy atom. The van der Waals surface area contributed by atoms with Crippen LogP contribution in [0.1, 0.15) is 52.9 Å². The molecule has 1 aromatic carbocycles. The molecule has 0 aromatic heterocycles. The third-order valence-electron chi connectivity index (χ3n) is 4.58. The predicted molar refractivity (Wildman–Crippen MR) is 99.8 cm³/mol. The lowest BCUT2D eigenvalue weighted by molar-refractivity contribution is -0.126. The maximum absolute atomic E-state index is 12.5. The molecule has 0 aliphatic carbocycles. The minimum atomic E-state index is -0.109. The van der Waals surface area contributed by atoms with Crippen molar-refractivity contribution < 1.29 is 14.3 Å². The molecule has 5 nitrogen and oxygen atoms in total. The van der Waals surface area contributed by atoms with E-state index >= 15 is 0 Å². The van der Waals surface area contributed by atoms with E-state index < -0.39 is 0 Å². The van der Waals surface area contributed by atoms with Crippen LogP contribution in [0, 0.1) is 5.92 Å². The molecule has 1 N–H and O–H groups in total. The fourth-order valence-corrected chi connectivity index (χ4v) is 3.37. The number of rotatable bonds is 9. The molecule has 5 heteroatoms. The number of carbonyl (C=O) groups excluding carboxylic acids is 2. The van der Waals surface area contributed by atoms with Crippen molar-refractivity contribution in [2.24, 2.45) is 5.92 Å². The molecule has 0 radical (unpaired) electrons. The summed E-state index contributed by atoms with van der Waals surface area (Å²) in [6.45, 7) is 7.29. The van der Waals surface area contributed by atoms with Crippen LogP contribution >= 0.6 is 0 Å². The zero-order chi connectivity index (χ0) is 18.2. The molecule has 1 aromatic rings. The zero-order valence-electron chi connectivity index (χ0n) is 15.6. The summed E-state index contributed by atoms with van der Waals surface area (Å²) in [5, 5.41) is 3.08. The van der Waals surface area contributed by atoms with Crippen molar-refractivity contribution >= 4 is 17.5 Å². The molecule has 2 rings (SSSR count). The van der Waals surface area contributed by atoms with Crippen molar-refractivity contribution in [1.29, 1.82) is 0 Å². The highest BCUT2D eigenvalue weighted by atomic mass is 16.5. The van der Waals surface area contributed by atoms with Crippen LogP contribution in [0.15, 0.2) is 24.3 Å². The molecule has 1 heterocycles. The Labute approximate surface area is 150 Å². The molecule has 1 saturated heterocycles. The molecule has 0 unspecified atom stereocenters. The molecule has 0 saturated carbocycles. The highest BCUT2D eigenvalue weighted by molar-refractivity contribution is 5.97. The molecular formula is C20H30N2O3. The number of amides is 2. The van der Waals surface area contributed by atoms with E-state index in [0.717, 1.165) is 37.1 Å². The van der Waals surface area contributed by atoms with Gasteiger partial charge >= 0.3 is 0 Å². The maximum Gasteiger partial charge on any atom is 0.229 e. The smallest absolute Gasteiger partial charge is 0.229 e. The van der Waals surface area contributed by atoms with Gasteiger partial charge in [0.15, 0.2) is 0 Å². The van der Waals surface area contributed by atoms with E-state index in [-0.39, 0.29) is 23.8 Å². The number of hydrogen-bond donors (Lipinski definition) is 1. The molecule has 0 spiro atoms. The Kier molecular flexibility index (Phi) is 7.29. The molecular weight excluding hydrogens is 316 g/mol.